The Balaban J connectivity index is 1.84. The van der Waals surface area contributed by atoms with Crippen molar-refractivity contribution < 1.29 is 53.5 Å². The molecule has 0 radical (unpaired) electrons. The molecule has 8 N–H and O–H groups in total. The second-order valence-corrected chi connectivity index (χ2v) is 10.6. The summed E-state index contributed by atoms with van der Waals surface area (Å²) < 4.78 is 18.3. The van der Waals surface area contributed by atoms with Crippen LogP contribution >= 0.6 is 0 Å². The molecule has 0 saturated carbocycles. The lowest BCUT2D eigenvalue weighted by atomic mass is 9.93. The SMILES string of the molecule is COc1cccc(-c2cn([C@H]3[C@H](O[C@H](C)C(=O)N[C@@H](C)C(=O)N[C@H](CCC(=O)O)C(N)=O)[C@@H](NC(C)=O)[C@H](O)O[C@@H]3CO)nn2)c1. The van der Waals surface area contributed by atoms with E-state index in [0.29, 0.717) is 17.0 Å². The number of aliphatic hydroxyl groups is 2. The number of ether oxygens (including phenoxy) is 3. The summed E-state index contributed by atoms with van der Waals surface area (Å²) in [5, 5.41) is 45.5. The van der Waals surface area contributed by atoms with Gasteiger partial charge in [-0.05, 0) is 32.4 Å². The number of nitrogens with one attached hydrogen (secondary N) is 3. The molecule has 46 heavy (non-hydrogen) atoms. The average Bonchev–Trinajstić information content (AvgIpc) is 3.49. The van der Waals surface area contributed by atoms with Crippen molar-refractivity contribution in [3.63, 3.8) is 0 Å². The van der Waals surface area contributed by atoms with E-state index in [1.54, 1.807) is 30.5 Å². The summed E-state index contributed by atoms with van der Waals surface area (Å²) in [7, 11) is 1.52. The van der Waals surface area contributed by atoms with Crippen molar-refractivity contribution in [1.82, 2.24) is 30.9 Å². The zero-order valence-corrected chi connectivity index (χ0v) is 25.7. The summed E-state index contributed by atoms with van der Waals surface area (Å²) in [6.07, 6.45) is -4.45. The number of methoxy groups -OCH3 is 1. The fourth-order valence-electron chi connectivity index (χ4n) is 4.84. The Bertz CT molecular complexity index is 1400. The quantitative estimate of drug-likeness (QED) is 0.108. The molecular weight excluding hydrogens is 610 g/mol. The first kappa shape index (κ1) is 35.8. The lowest BCUT2D eigenvalue weighted by molar-refractivity contribution is -0.248. The number of aliphatic hydroxyl groups excluding tert-OH is 2. The average molecular weight is 650 g/mol. The van der Waals surface area contributed by atoms with Crippen LogP contribution in [0, 0.1) is 0 Å². The number of carboxylic acids is 1. The lowest BCUT2D eigenvalue weighted by Crippen LogP contribution is -2.64. The molecule has 2 heterocycles. The number of benzene rings is 1. The second-order valence-electron chi connectivity index (χ2n) is 10.6. The molecule has 18 nitrogen and oxygen atoms in total. The van der Waals surface area contributed by atoms with Gasteiger partial charge in [0, 0.05) is 18.9 Å². The van der Waals surface area contributed by atoms with Crippen molar-refractivity contribution >= 4 is 29.6 Å². The standard InChI is InChI=1S/C28H39N7O11/c1-13(26(41)32-18(25(29)40)8-9-21(38)39)30-27(42)14(2)45-24-22(31-15(3)37)28(43)46-20(12-36)23(24)35-11-19(33-34-35)16-6-5-7-17(10-16)44-4/h5-7,10-11,13-14,18,20,22-24,28,36,43H,8-9,12H2,1-4H3,(H2,29,40)(H,30,42)(H,31,37)(H,32,41)(H,38,39)/t13-,14+,18+,20+,22+,23+,24+,28+/m0/s1. The van der Waals surface area contributed by atoms with Crippen molar-refractivity contribution in [1.29, 1.82) is 0 Å². The predicted octanol–water partition coefficient (Wildman–Crippen LogP) is -2.18. The van der Waals surface area contributed by atoms with E-state index >= 15 is 0 Å². The number of nitrogens with zero attached hydrogens (tertiary/aromatic N) is 3. The molecule has 2 aromatic rings. The number of aromatic nitrogens is 3. The number of carboxylic acid groups (broad SMARTS) is 1. The minimum Gasteiger partial charge on any atom is -0.497 e. The highest BCUT2D eigenvalue weighted by molar-refractivity contribution is 5.92. The summed E-state index contributed by atoms with van der Waals surface area (Å²) in [6.45, 7) is 3.29. The van der Waals surface area contributed by atoms with Gasteiger partial charge in [-0.3, -0.25) is 24.0 Å². The highest BCUT2D eigenvalue weighted by atomic mass is 16.6. The van der Waals surface area contributed by atoms with Gasteiger partial charge in [-0.25, -0.2) is 4.68 Å². The van der Waals surface area contributed by atoms with E-state index in [0.717, 1.165) is 0 Å². The Labute approximate surface area is 263 Å². The van der Waals surface area contributed by atoms with Gasteiger partial charge >= 0.3 is 5.97 Å². The van der Waals surface area contributed by atoms with Crippen LogP contribution in [0.15, 0.2) is 30.5 Å². The van der Waals surface area contributed by atoms with Crippen molar-refractivity contribution in [2.75, 3.05) is 13.7 Å². The maximum atomic E-state index is 13.2. The maximum Gasteiger partial charge on any atom is 0.303 e. The highest BCUT2D eigenvalue weighted by Crippen LogP contribution is 2.33. The summed E-state index contributed by atoms with van der Waals surface area (Å²) in [4.78, 5) is 60.5. The van der Waals surface area contributed by atoms with Gasteiger partial charge in [-0.15, -0.1) is 5.10 Å². The van der Waals surface area contributed by atoms with Gasteiger partial charge in [-0.2, -0.15) is 0 Å². The molecule has 0 aliphatic carbocycles. The molecule has 1 saturated heterocycles. The smallest absolute Gasteiger partial charge is 0.303 e. The minimum atomic E-state index is -1.65. The fraction of sp³-hybridized carbons (Fsp3) is 0.536. The van der Waals surface area contributed by atoms with Crippen LogP contribution in [0.25, 0.3) is 11.3 Å². The predicted molar refractivity (Wildman–Crippen MR) is 157 cm³/mol. The number of primary amides is 1. The second kappa shape index (κ2) is 16.1. The van der Waals surface area contributed by atoms with E-state index in [9.17, 15) is 34.2 Å². The molecule has 3 rings (SSSR count). The minimum absolute atomic E-state index is 0.248. The maximum absolute atomic E-state index is 13.2. The fourth-order valence-corrected chi connectivity index (χ4v) is 4.84. The number of carbonyl (C=O) groups excluding carboxylic acids is 4. The number of hydrogen-bond acceptors (Lipinski definition) is 12. The molecule has 0 bridgehead atoms. The van der Waals surface area contributed by atoms with Gasteiger partial charge in [0.05, 0.1) is 19.9 Å². The van der Waals surface area contributed by atoms with Gasteiger partial charge in [0.15, 0.2) is 6.29 Å². The first-order valence-corrected chi connectivity index (χ1v) is 14.3. The molecule has 252 valence electrons. The van der Waals surface area contributed by atoms with E-state index in [-0.39, 0.29) is 6.42 Å². The summed E-state index contributed by atoms with van der Waals surface area (Å²) in [5.41, 5.74) is 6.33. The molecule has 1 fully saturated rings. The van der Waals surface area contributed by atoms with Crippen LogP contribution in [0.2, 0.25) is 0 Å². The molecule has 8 atom stereocenters. The van der Waals surface area contributed by atoms with Gasteiger partial charge < -0.3 is 51.2 Å². The van der Waals surface area contributed by atoms with E-state index in [2.05, 4.69) is 26.3 Å². The molecule has 0 spiro atoms. The first-order valence-electron chi connectivity index (χ1n) is 14.3. The molecule has 1 aromatic heterocycles. The van der Waals surface area contributed by atoms with Gasteiger partial charge in [0.25, 0.3) is 0 Å². The lowest BCUT2D eigenvalue weighted by Gasteiger charge is -2.45. The van der Waals surface area contributed by atoms with Crippen molar-refractivity contribution in [3.05, 3.63) is 30.5 Å². The van der Waals surface area contributed by atoms with E-state index < -0.39 is 91.4 Å². The van der Waals surface area contributed by atoms with Crippen LogP contribution in [-0.2, 0) is 33.4 Å². The number of carbonyl (C=O) groups is 5. The molecule has 18 heteroatoms. The van der Waals surface area contributed by atoms with Gasteiger partial charge in [0.1, 0.15) is 53.9 Å². The number of rotatable bonds is 15. The van der Waals surface area contributed by atoms with E-state index in [4.69, 9.17) is 25.1 Å². The summed E-state index contributed by atoms with van der Waals surface area (Å²) in [6, 6.07) is 2.26. The Morgan fingerprint density at radius 3 is 2.48 bits per heavy atom. The third kappa shape index (κ3) is 9.19. The zero-order chi connectivity index (χ0) is 34.1. The topological polar surface area (TPSA) is 267 Å². The molecular formula is C28H39N7O11. The normalized spacial score (nSPS) is 23.0. The van der Waals surface area contributed by atoms with E-state index in [1.165, 1.54) is 32.6 Å². The van der Waals surface area contributed by atoms with Crippen LogP contribution in [0.4, 0.5) is 0 Å². The van der Waals surface area contributed by atoms with Gasteiger partial charge in [0.2, 0.25) is 23.6 Å². The number of nitrogens with two attached hydrogens (primary N) is 1. The number of amides is 4. The van der Waals surface area contributed by atoms with Crippen molar-refractivity contribution in [2.45, 2.75) is 82.4 Å². The Morgan fingerprint density at radius 1 is 1.15 bits per heavy atom. The van der Waals surface area contributed by atoms with Crippen LogP contribution < -0.4 is 26.4 Å². The third-order valence-corrected chi connectivity index (χ3v) is 7.21. The third-order valence-electron chi connectivity index (χ3n) is 7.21. The van der Waals surface area contributed by atoms with Crippen molar-refractivity contribution in [3.8, 4) is 17.0 Å². The van der Waals surface area contributed by atoms with E-state index in [1.807, 2.05) is 0 Å². The molecule has 1 aliphatic heterocycles. The van der Waals surface area contributed by atoms with Crippen LogP contribution in [-0.4, -0.2) is 116 Å². The molecule has 1 aromatic carbocycles. The van der Waals surface area contributed by atoms with Crippen molar-refractivity contribution in [2.24, 2.45) is 5.73 Å². The number of hydrogen-bond donors (Lipinski definition) is 7. The number of aliphatic carboxylic acids is 1. The Hall–Kier alpha value is -4.65. The summed E-state index contributed by atoms with van der Waals surface area (Å²) >= 11 is 0. The highest BCUT2D eigenvalue weighted by Gasteiger charge is 2.49. The first-order chi connectivity index (χ1) is 21.7. The Morgan fingerprint density at radius 2 is 1.87 bits per heavy atom. The largest absolute Gasteiger partial charge is 0.497 e. The monoisotopic (exact) mass is 649 g/mol. The van der Waals surface area contributed by atoms with Crippen LogP contribution in [0.3, 0.4) is 0 Å². The zero-order valence-electron chi connectivity index (χ0n) is 25.7. The molecule has 1 aliphatic rings. The van der Waals surface area contributed by atoms with Gasteiger partial charge in [-0.1, -0.05) is 17.3 Å². The van der Waals surface area contributed by atoms with Crippen LogP contribution in [0.1, 0.15) is 39.7 Å². The molecule has 4 amide bonds. The van der Waals surface area contributed by atoms with Crippen LogP contribution in [0.5, 0.6) is 5.75 Å². The summed E-state index contributed by atoms with van der Waals surface area (Å²) in [5.74, 6) is -3.71. The molecule has 0 unspecified atom stereocenters. The Kier molecular flexibility index (Phi) is 12.5.